The fourth-order valence-electron chi connectivity index (χ4n) is 2.28. The van der Waals surface area contributed by atoms with Crippen molar-refractivity contribution < 1.29 is 4.39 Å². The molecule has 0 spiro atoms. The third-order valence-corrected chi connectivity index (χ3v) is 3.72. The second-order valence-corrected chi connectivity index (χ2v) is 5.63. The predicted octanol–water partition coefficient (Wildman–Crippen LogP) is 3.59. The number of aromatic nitrogens is 3. The molecule has 2 aromatic heterocycles. The van der Waals surface area contributed by atoms with E-state index in [1.54, 1.807) is 12.3 Å². The highest BCUT2D eigenvalue weighted by Crippen LogP contribution is 2.17. The highest BCUT2D eigenvalue weighted by molar-refractivity contribution is 9.10. The van der Waals surface area contributed by atoms with Crippen LogP contribution >= 0.6 is 15.9 Å². The van der Waals surface area contributed by atoms with Crippen molar-refractivity contribution in [2.45, 2.75) is 13.3 Å². The Balaban J connectivity index is 1.73. The number of imidazole rings is 1. The average Bonchev–Trinajstić information content (AvgIpc) is 2.89. The van der Waals surface area contributed by atoms with Crippen molar-refractivity contribution in [3.8, 4) is 0 Å². The molecule has 6 heteroatoms. The molecule has 3 rings (SSSR count). The van der Waals surface area contributed by atoms with Crippen LogP contribution in [-0.4, -0.2) is 20.9 Å². The van der Waals surface area contributed by atoms with Crippen molar-refractivity contribution in [2.24, 2.45) is 0 Å². The fourth-order valence-corrected chi connectivity index (χ4v) is 2.67. The van der Waals surface area contributed by atoms with Crippen LogP contribution in [0.4, 0.5) is 10.2 Å². The molecule has 108 valence electrons. The minimum absolute atomic E-state index is 0.197. The van der Waals surface area contributed by atoms with E-state index >= 15 is 0 Å². The normalized spacial score (nSPS) is 11.0. The predicted molar refractivity (Wildman–Crippen MR) is 84.0 cm³/mol. The lowest BCUT2D eigenvalue weighted by Crippen LogP contribution is -2.09. The lowest BCUT2D eigenvalue weighted by atomic mass is 10.1. The summed E-state index contributed by atoms with van der Waals surface area (Å²) in [6.45, 7) is 2.63. The van der Waals surface area contributed by atoms with Crippen LogP contribution in [0.15, 0.2) is 41.4 Å². The van der Waals surface area contributed by atoms with Crippen LogP contribution in [0.1, 0.15) is 11.1 Å². The molecule has 1 aromatic carbocycles. The molecule has 1 N–H and O–H groups in total. The molecular weight excluding hydrogens is 335 g/mol. The van der Waals surface area contributed by atoms with Crippen molar-refractivity contribution in [2.75, 3.05) is 11.9 Å². The van der Waals surface area contributed by atoms with E-state index in [-0.39, 0.29) is 5.82 Å². The van der Waals surface area contributed by atoms with E-state index in [0.29, 0.717) is 6.54 Å². The molecule has 0 aliphatic carbocycles. The van der Waals surface area contributed by atoms with Crippen molar-refractivity contribution in [3.05, 3.63) is 58.3 Å². The van der Waals surface area contributed by atoms with Gasteiger partial charge in [0.05, 0.1) is 0 Å². The number of rotatable bonds is 4. The van der Waals surface area contributed by atoms with Gasteiger partial charge in [0.2, 0.25) is 0 Å². The van der Waals surface area contributed by atoms with E-state index in [4.69, 9.17) is 0 Å². The number of hydrogen-bond donors (Lipinski definition) is 1. The number of nitrogens with one attached hydrogen (secondary N) is 1. The standard InChI is InChI=1S/C15H14BrFN4/c1-10-8-12(17)3-2-11(10)4-5-18-14-15-19-6-7-21(15)9-13(16)20-14/h2-3,6-9H,4-5H2,1H3,(H,18,20). The second kappa shape index (κ2) is 5.81. The summed E-state index contributed by atoms with van der Waals surface area (Å²) in [5.74, 6) is 0.533. The number of fused-ring (bicyclic) bond motifs is 1. The summed E-state index contributed by atoms with van der Waals surface area (Å²) < 4.78 is 15.7. The molecule has 4 nitrogen and oxygen atoms in total. The van der Waals surface area contributed by atoms with E-state index < -0.39 is 0 Å². The highest BCUT2D eigenvalue weighted by atomic mass is 79.9. The summed E-state index contributed by atoms with van der Waals surface area (Å²) in [5, 5.41) is 3.29. The maximum absolute atomic E-state index is 13.1. The highest BCUT2D eigenvalue weighted by Gasteiger charge is 2.06. The van der Waals surface area contributed by atoms with Gasteiger partial charge in [-0.1, -0.05) is 6.07 Å². The van der Waals surface area contributed by atoms with Crippen LogP contribution in [0, 0.1) is 12.7 Å². The van der Waals surface area contributed by atoms with Gasteiger partial charge >= 0.3 is 0 Å². The summed E-state index contributed by atoms with van der Waals surface area (Å²) in [6, 6.07) is 4.87. The van der Waals surface area contributed by atoms with Crippen LogP contribution < -0.4 is 5.32 Å². The number of halogens is 2. The summed E-state index contributed by atoms with van der Waals surface area (Å²) in [4.78, 5) is 8.69. The number of aryl methyl sites for hydroxylation is 1. The molecular formula is C15H14BrFN4. The third-order valence-electron chi connectivity index (χ3n) is 3.34. The zero-order valence-corrected chi connectivity index (χ0v) is 13.1. The third kappa shape index (κ3) is 3.05. The lowest BCUT2D eigenvalue weighted by molar-refractivity contribution is 0.625. The molecule has 2 heterocycles. The van der Waals surface area contributed by atoms with Gasteiger partial charge in [-0.05, 0) is 52.5 Å². The Bertz CT molecular complexity index is 784. The van der Waals surface area contributed by atoms with Gasteiger partial charge in [0, 0.05) is 25.1 Å². The lowest BCUT2D eigenvalue weighted by Gasteiger charge is -2.09. The average molecular weight is 349 g/mol. The Morgan fingerprint density at radius 1 is 1.38 bits per heavy atom. The topological polar surface area (TPSA) is 42.2 Å². The number of hydrogen-bond acceptors (Lipinski definition) is 3. The van der Waals surface area contributed by atoms with E-state index in [9.17, 15) is 4.39 Å². The monoisotopic (exact) mass is 348 g/mol. The Morgan fingerprint density at radius 2 is 2.24 bits per heavy atom. The molecule has 0 bridgehead atoms. The van der Waals surface area contributed by atoms with Crippen LogP contribution in [0.25, 0.3) is 5.65 Å². The first-order valence-electron chi connectivity index (χ1n) is 6.61. The van der Waals surface area contributed by atoms with Crippen LogP contribution in [0.3, 0.4) is 0 Å². The molecule has 0 amide bonds. The Morgan fingerprint density at radius 3 is 3.05 bits per heavy atom. The molecule has 0 atom stereocenters. The maximum atomic E-state index is 13.1. The van der Waals surface area contributed by atoms with E-state index in [1.807, 2.05) is 29.8 Å². The van der Waals surface area contributed by atoms with Crippen LogP contribution in [-0.2, 0) is 6.42 Å². The molecule has 0 saturated heterocycles. The Labute approximate surface area is 130 Å². The zero-order valence-electron chi connectivity index (χ0n) is 11.5. The van der Waals surface area contributed by atoms with E-state index in [1.165, 1.54) is 6.07 Å². The van der Waals surface area contributed by atoms with Gasteiger partial charge in [-0.25, -0.2) is 14.4 Å². The molecule has 0 fully saturated rings. The van der Waals surface area contributed by atoms with Crippen LogP contribution in [0.5, 0.6) is 0 Å². The van der Waals surface area contributed by atoms with Gasteiger partial charge in [0.1, 0.15) is 10.4 Å². The van der Waals surface area contributed by atoms with Crippen molar-refractivity contribution in [1.82, 2.24) is 14.4 Å². The SMILES string of the molecule is Cc1cc(F)ccc1CCNc1nc(Br)cn2ccnc12. The minimum atomic E-state index is -0.197. The maximum Gasteiger partial charge on any atom is 0.180 e. The largest absolute Gasteiger partial charge is 0.367 e. The van der Waals surface area contributed by atoms with Crippen molar-refractivity contribution in [3.63, 3.8) is 0 Å². The van der Waals surface area contributed by atoms with Crippen LogP contribution in [0.2, 0.25) is 0 Å². The summed E-state index contributed by atoms with van der Waals surface area (Å²) >= 11 is 3.38. The quantitative estimate of drug-likeness (QED) is 0.783. The summed E-state index contributed by atoms with van der Waals surface area (Å²) in [6.07, 6.45) is 6.26. The number of benzene rings is 1. The first-order valence-corrected chi connectivity index (χ1v) is 7.41. The molecule has 3 aromatic rings. The molecule has 0 aliphatic rings. The summed E-state index contributed by atoms with van der Waals surface area (Å²) in [7, 11) is 0. The van der Waals surface area contributed by atoms with Crippen molar-refractivity contribution in [1.29, 1.82) is 0 Å². The minimum Gasteiger partial charge on any atom is -0.367 e. The number of anilines is 1. The van der Waals surface area contributed by atoms with Gasteiger partial charge in [-0.3, -0.25) is 0 Å². The molecule has 0 aliphatic heterocycles. The van der Waals surface area contributed by atoms with Gasteiger partial charge in [0.25, 0.3) is 0 Å². The number of nitrogens with zero attached hydrogens (tertiary/aromatic N) is 3. The van der Waals surface area contributed by atoms with Gasteiger partial charge in [0.15, 0.2) is 11.5 Å². The Hall–Kier alpha value is -1.95. The second-order valence-electron chi connectivity index (χ2n) is 4.82. The van der Waals surface area contributed by atoms with E-state index in [2.05, 4.69) is 31.2 Å². The Kier molecular flexibility index (Phi) is 3.88. The molecule has 0 radical (unpaired) electrons. The zero-order chi connectivity index (χ0) is 14.8. The molecule has 0 unspecified atom stereocenters. The first-order chi connectivity index (χ1) is 10.1. The van der Waals surface area contributed by atoms with Gasteiger partial charge in [-0.15, -0.1) is 0 Å². The van der Waals surface area contributed by atoms with E-state index in [0.717, 1.165) is 33.6 Å². The molecule has 0 saturated carbocycles. The van der Waals surface area contributed by atoms with Crippen molar-refractivity contribution >= 4 is 27.4 Å². The first kappa shape index (κ1) is 14.0. The molecule has 21 heavy (non-hydrogen) atoms. The van der Waals surface area contributed by atoms with Gasteiger partial charge in [-0.2, -0.15) is 0 Å². The fraction of sp³-hybridized carbons (Fsp3) is 0.200. The summed E-state index contributed by atoms with van der Waals surface area (Å²) in [5.41, 5.74) is 2.87. The smallest absolute Gasteiger partial charge is 0.180 e. The van der Waals surface area contributed by atoms with Gasteiger partial charge < -0.3 is 9.72 Å².